The first-order valence-electron chi connectivity index (χ1n) is 9.05. The van der Waals surface area contributed by atoms with Crippen molar-refractivity contribution in [2.45, 2.75) is 30.9 Å². The molecule has 4 rings (SSSR count). The number of ether oxygens (including phenoxy) is 2. The van der Waals surface area contributed by atoms with Crippen molar-refractivity contribution in [3.05, 3.63) is 35.9 Å². The zero-order chi connectivity index (χ0) is 17.2. The van der Waals surface area contributed by atoms with Crippen LogP contribution in [0.5, 0.6) is 0 Å². The summed E-state index contributed by atoms with van der Waals surface area (Å²) in [5, 5.41) is 2.89. The van der Waals surface area contributed by atoms with Crippen LogP contribution in [0.3, 0.4) is 0 Å². The van der Waals surface area contributed by atoms with Gasteiger partial charge in [0.25, 0.3) is 0 Å². The third-order valence-corrected chi connectivity index (χ3v) is 5.57. The molecule has 0 spiro atoms. The van der Waals surface area contributed by atoms with Crippen LogP contribution < -0.4 is 5.32 Å². The summed E-state index contributed by atoms with van der Waals surface area (Å²) in [5.74, 6) is 0.182. The Kier molecular flexibility index (Phi) is 4.72. The van der Waals surface area contributed by atoms with E-state index in [-0.39, 0.29) is 42.4 Å². The Morgan fingerprint density at radius 3 is 2.68 bits per heavy atom. The first kappa shape index (κ1) is 16.5. The van der Waals surface area contributed by atoms with E-state index in [1.165, 1.54) is 0 Å². The Morgan fingerprint density at radius 2 is 1.92 bits per heavy atom. The maximum atomic E-state index is 13.1. The highest BCUT2D eigenvalue weighted by molar-refractivity contribution is 5.81. The molecule has 0 unspecified atom stereocenters. The van der Waals surface area contributed by atoms with E-state index in [2.05, 4.69) is 17.4 Å². The number of fused-ring (bicyclic) bond motifs is 1. The molecule has 0 radical (unpaired) electrons. The number of hydrogen-bond donors (Lipinski definition) is 1. The average molecular weight is 344 g/mol. The van der Waals surface area contributed by atoms with Crippen LogP contribution in [0.4, 0.5) is 0 Å². The monoisotopic (exact) mass is 344 g/mol. The van der Waals surface area contributed by atoms with Crippen molar-refractivity contribution < 1.29 is 19.1 Å². The van der Waals surface area contributed by atoms with Crippen LogP contribution in [0.2, 0.25) is 0 Å². The van der Waals surface area contributed by atoms with Gasteiger partial charge in [0.15, 0.2) is 0 Å². The van der Waals surface area contributed by atoms with E-state index in [0.717, 1.165) is 18.4 Å². The van der Waals surface area contributed by atoms with E-state index in [0.29, 0.717) is 26.3 Å². The summed E-state index contributed by atoms with van der Waals surface area (Å²) in [7, 11) is 0. The number of carbonyl (C=O) groups is 2. The molecule has 0 aromatic heterocycles. The van der Waals surface area contributed by atoms with Crippen molar-refractivity contribution in [2.75, 3.05) is 32.9 Å². The van der Waals surface area contributed by atoms with Crippen LogP contribution in [0, 0.1) is 5.92 Å². The predicted molar refractivity (Wildman–Crippen MR) is 91.0 cm³/mol. The SMILES string of the molecule is O=C1CO[C@@H]2[C@@H](c3ccccc3)CN(C(=O)C3CCOCC3)[C@@H]2CN1. The molecule has 0 saturated carbocycles. The fraction of sp³-hybridized carbons (Fsp3) is 0.579. The molecule has 3 saturated heterocycles. The van der Waals surface area contributed by atoms with Gasteiger partial charge < -0.3 is 19.7 Å². The van der Waals surface area contributed by atoms with E-state index in [9.17, 15) is 9.59 Å². The lowest BCUT2D eigenvalue weighted by Crippen LogP contribution is -2.48. The third kappa shape index (κ3) is 3.28. The maximum absolute atomic E-state index is 13.1. The zero-order valence-electron chi connectivity index (χ0n) is 14.2. The number of nitrogens with zero attached hydrogens (tertiary/aromatic N) is 1. The highest BCUT2D eigenvalue weighted by atomic mass is 16.5. The molecule has 3 aliphatic heterocycles. The van der Waals surface area contributed by atoms with Gasteiger partial charge in [-0.05, 0) is 18.4 Å². The van der Waals surface area contributed by atoms with E-state index >= 15 is 0 Å². The lowest BCUT2D eigenvalue weighted by molar-refractivity contribution is -0.140. The van der Waals surface area contributed by atoms with E-state index in [1.54, 1.807) is 0 Å². The second kappa shape index (κ2) is 7.14. The first-order chi connectivity index (χ1) is 12.2. The van der Waals surface area contributed by atoms with Crippen LogP contribution in [0.15, 0.2) is 30.3 Å². The van der Waals surface area contributed by atoms with Crippen LogP contribution >= 0.6 is 0 Å². The number of hydrogen-bond acceptors (Lipinski definition) is 4. The van der Waals surface area contributed by atoms with Gasteiger partial charge in [0.2, 0.25) is 11.8 Å². The largest absolute Gasteiger partial charge is 0.381 e. The molecule has 0 bridgehead atoms. The molecule has 1 aromatic rings. The quantitative estimate of drug-likeness (QED) is 0.866. The molecule has 0 aliphatic carbocycles. The second-order valence-corrected chi connectivity index (χ2v) is 7.04. The topological polar surface area (TPSA) is 67.9 Å². The fourth-order valence-corrected chi connectivity index (χ4v) is 4.22. The van der Waals surface area contributed by atoms with Crippen molar-refractivity contribution in [1.82, 2.24) is 10.2 Å². The standard InChI is InChI=1S/C19H24N2O4/c22-17-12-25-18-15(13-4-2-1-3-5-13)11-21(16(18)10-20-17)19(23)14-6-8-24-9-7-14/h1-5,14-16,18H,6-12H2,(H,20,22)/t15-,16-,18-/m1/s1. The molecule has 3 aliphatic rings. The summed E-state index contributed by atoms with van der Waals surface area (Å²) in [6.07, 6.45) is 1.40. The van der Waals surface area contributed by atoms with Crippen molar-refractivity contribution >= 4 is 11.8 Å². The second-order valence-electron chi connectivity index (χ2n) is 7.04. The zero-order valence-corrected chi connectivity index (χ0v) is 14.2. The van der Waals surface area contributed by atoms with Crippen LogP contribution in [0.1, 0.15) is 24.3 Å². The van der Waals surface area contributed by atoms with E-state index in [4.69, 9.17) is 9.47 Å². The van der Waals surface area contributed by atoms with Gasteiger partial charge in [-0.25, -0.2) is 0 Å². The Labute approximate surface area is 147 Å². The van der Waals surface area contributed by atoms with Gasteiger partial charge in [0, 0.05) is 38.1 Å². The molecule has 3 atom stereocenters. The fourth-order valence-electron chi connectivity index (χ4n) is 4.22. The van der Waals surface area contributed by atoms with E-state index < -0.39 is 0 Å². The minimum absolute atomic E-state index is 0.0166. The molecular weight excluding hydrogens is 320 g/mol. The van der Waals surface area contributed by atoms with Crippen molar-refractivity contribution in [3.8, 4) is 0 Å². The summed E-state index contributed by atoms with van der Waals surface area (Å²) < 4.78 is 11.3. The third-order valence-electron chi connectivity index (χ3n) is 5.57. The summed E-state index contributed by atoms with van der Waals surface area (Å²) in [6.45, 7) is 2.46. The summed E-state index contributed by atoms with van der Waals surface area (Å²) >= 11 is 0. The molecule has 25 heavy (non-hydrogen) atoms. The highest BCUT2D eigenvalue weighted by Gasteiger charge is 2.47. The van der Waals surface area contributed by atoms with Gasteiger partial charge >= 0.3 is 0 Å². The number of benzene rings is 1. The van der Waals surface area contributed by atoms with Gasteiger partial charge in [-0.3, -0.25) is 9.59 Å². The number of rotatable bonds is 2. The van der Waals surface area contributed by atoms with Crippen LogP contribution in [-0.4, -0.2) is 61.8 Å². The van der Waals surface area contributed by atoms with Crippen LogP contribution in [-0.2, 0) is 19.1 Å². The molecular formula is C19H24N2O4. The first-order valence-corrected chi connectivity index (χ1v) is 9.05. The van der Waals surface area contributed by atoms with Gasteiger partial charge in [-0.1, -0.05) is 30.3 Å². The normalized spacial score (nSPS) is 30.5. The number of nitrogens with one attached hydrogen (secondary N) is 1. The van der Waals surface area contributed by atoms with Gasteiger partial charge in [-0.15, -0.1) is 0 Å². The molecule has 6 nitrogen and oxygen atoms in total. The number of likely N-dealkylation sites (tertiary alicyclic amines) is 1. The molecule has 3 heterocycles. The molecule has 3 fully saturated rings. The van der Waals surface area contributed by atoms with Gasteiger partial charge in [0.1, 0.15) is 6.61 Å². The number of carbonyl (C=O) groups excluding carboxylic acids is 2. The lowest BCUT2D eigenvalue weighted by Gasteiger charge is -2.31. The lowest BCUT2D eigenvalue weighted by atomic mass is 9.93. The Balaban J connectivity index is 1.60. The Morgan fingerprint density at radius 1 is 1.16 bits per heavy atom. The van der Waals surface area contributed by atoms with Gasteiger partial charge in [0.05, 0.1) is 12.1 Å². The molecule has 1 aromatic carbocycles. The Hall–Kier alpha value is -1.92. The van der Waals surface area contributed by atoms with Gasteiger partial charge in [-0.2, -0.15) is 0 Å². The summed E-state index contributed by atoms with van der Waals surface area (Å²) in [6, 6.07) is 10.1. The van der Waals surface area contributed by atoms with Crippen LogP contribution in [0.25, 0.3) is 0 Å². The van der Waals surface area contributed by atoms with Crippen molar-refractivity contribution in [3.63, 3.8) is 0 Å². The van der Waals surface area contributed by atoms with Crippen molar-refractivity contribution in [2.24, 2.45) is 5.92 Å². The van der Waals surface area contributed by atoms with Crippen molar-refractivity contribution in [1.29, 1.82) is 0 Å². The maximum Gasteiger partial charge on any atom is 0.246 e. The molecule has 6 heteroatoms. The summed E-state index contributed by atoms with van der Waals surface area (Å²) in [5.41, 5.74) is 1.16. The predicted octanol–water partition coefficient (Wildman–Crippen LogP) is 0.923. The summed E-state index contributed by atoms with van der Waals surface area (Å²) in [4.78, 5) is 26.9. The number of amides is 2. The smallest absolute Gasteiger partial charge is 0.246 e. The average Bonchev–Trinajstić information content (AvgIpc) is 2.93. The van der Waals surface area contributed by atoms with E-state index in [1.807, 2.05) is 23.1 Å². The minimum atomic E-state index is -0.148. The highest BCUT2D eigenvalue weighted by Crippen LogP contribution is 2.36. The molecule has 134 valence electrons. The Bertz CT molecular complexity index is 630. The molecule has 1 N–H and O–H groups in total. The minimum Gasteiger partial charge on any atom is -0.381 e. The molecule has 2 amide bonds.